The van der Waals surface area contributed by atoms with Crippen LogP contribution in [0.4, 0.5) is 0 Å². The van der Waals surface area contributed by atoms with Crippen molar-refractivity contribution in [3.63, 3.8) is 0 Å². The highest BCUT2D eigenvalue weighted by molar-refractivity contribution is 9.10. The van der Waals surface area contributed by atoms with E-state index in [1.807, 2.05) is 37.3 Å². The van der Waals surface area contributed by atoms with Gasteiger partial charge in [0.05, 0.1) is 12.2 Å². The number of ether oxygens (including phenoxy) is 1. The Hall–Kier alpha value is -1.55. The molecule has 1 heterocycles. The monoisotopic (exact) mass is 307 g/mol. The molecule has 0 saturated carbocycles. The molecule has 0 spiro atoms. The number of aryl methyl sites for hydroxylation is 1. The van der Waals surface area contributed by atoms with Crippen molar-refractivity contribution < 1.29 is 9.53 Å². The van der Waals surface area contributed by atoms with E-state index in [9.17, 15) is 4.79 Å². The second kappa shape index (κ2) is 5.40. The molecule has 0 aliphatic heterocycles. The van der Waals surface area contributed by atoms with Gasteiger partial charge >= 0.3 is 5.97 Å². The zero-order valence-corrected chi connectivity index (χ0v) is 11.9. The molecule has 18 heavy (non-hydrogen) atoms. The smallest absolute Gasteiger partial charge is 0.339 e. The number of carbonyl (C=O) groups excluding carboxylic acids is 1. The van der Waals surface area contributed by atoms with E-state index in [4.69, 9.17) is 4.74 Å². The predicted molar refractivity (Wildman–Crippen MR) is 74.6 cm³/mol. The van der Waals surface area contributed by atoms with Gasteiger partial charge < -0.3 is 9.72 Å². The molecule has 0 atom stereocenters. The lowest BCUT2D eigenvalue weighted by molar-refractivity contribution is 0.0526. The molecule has 3 nitrogen and oxygen atoms in total. The van der Waals surface area contributed by atoms with Gasteiger partial charge in [-0.2, -0.15) is 0 Å². The van der Waals surface area contributed by atoms with Gasteiger partial charge in [0.2, 0.25) is 0 Å². The fourth-order valence-electron chi connectivity index (χ4n) is 1.76. The number of carbonyl (C=O) groups is 1. The first-order valence-electron chi connectivity index (χ1n) is 5.74. The Kier molecular flexibility index (Phi) is 3.87. The highest BCUT2D eigenvalue weighted by Crippen LogP contribution is 2.23. The van der Waals surface area contributed by atoms with Crippen LogP contribution in [0.15, 0.2) is 34.8 Å². The van der Waals surface area contributed by atoms with Gasteiger partial charge in [0.25, 0.3) is 0 Å². The van der Waals surface area contributed by atoms with Crippen molar-refractivity contribution in [1.29, 1.82) is 0 Å². The van der Waals surface area contributed by atoms with Crippen LogP contribution in [0.25, 0.3) is 11.3 Å². The first kappa shape index (κ1) is 12.9. The van der Waals surface area contributed by atoms with Gasteiger partial charge in [-0.15, -0.1) is 0 Å². The van der Waals surface area contributed by atoms with Crippen molar-refractivity contribution in [2.45, 2.75) is 13.8 Å². The van der Waals surface area contributed by atoms with Crippen molar-refractivity contribution >= 4 is 21.9 Å². The fourth-order valence-corrected chi connectivity index (χ4v) is 2.03. The molecule has 1 N–H and O–H groups in total. The summed E-state index contributed by atoms with van der Waals surface area (Å²) in [6.07, 6.45) is 0. The van der Waals surface area contributed by atoms with E-state index >= 15 is 0 Å². The maximum Gasteiger partial charge on any atom is 0.339 e. The molecule has 1 aromatic heterocycles. The van der Waals surface area contributed by atoms with Gasteiger partial charge in [0.15, 0.2) is 0 Å². The van der Waals surface area contributed by atoms with Crippen LogP contribution in [-0.4, -0.2) is 17.6 Å². The van der Waals surface area contributed by atoms with Crippen LogP contribution in [0.3, 0.4) is 0 Å². The van der Waals surface area contributed by atoms with Crippen LogP contribution in [0.1, 0.15) is 23.0 Å². The number of aromatic nitrogens is 1. The minimum atomic E-state index is -0.283. The molecular weight excluding hydrogens is 294 g/mol. The zero-order chi connectivity index (χ0) is 13.1. The number of esters is 1. The Labute approximate surface area is 114 Å². The SMILES string of the molecule is CCOC(=O)c1cc(-c2ccc(Br)cc2)[nH]c1C. The number of nitrogens with one attached hydrogen (secondary N) is 1. The number of benzene rings is 1. The predicted octanol–water partition coefficient (Wildman–Crippen LogP) is 3.93. The van der Waals surface area contributed by atoms with Gasteiger partial charge in [-0.25, -0.2) is 4.79 Å². The zero-order valence-electron chi connectivity index (χ0n) is 10.3. The molecule has 0 amide bonds. The van der Waals surface area contributed by atoms with Crippen LogP contribution in [0, 0.1) is 6.92 Å². The molecular formula is C14H14BrNO2. The molecule has 0 radical (unpaired) electrons. The Morgan fingerprint density at radius 2 is 2.00 bits per heavy atom. The average Bonchev–Trinajstić information content (AvgIpc) is 2.72. The van der Waals surface area contributed by atoms with Crippen LogP contribution in [-0.2, 0) is 4.74 Å². The molecule has 2 rings (SSSR count). The Morgan fingerprint density at radius 3 is 2.61 bits per heavy atom. The van der Waals surface area contributed by atoms with Crippen LogP contribution >= 0.6 is 15.9 Å². The third-order valence-electron chi connectivity index (χ3n) is 2.67. The molecule has 2 aromatic rings. The van der Waals surface area contributed by atoms with Crippen molar-refractivity contribution in [3.8, 4) is 11.3 Å². The van der Waals surface area contributed by atoms with E-state index in [0.717, 1.165) is 21.4 Å². The van der Waals surface area contributed by atoms with Gasteiger partial charge in [-0.3, -0.25) is 0 Å². The molecule has 1 aromatic carbocycles. The van der Waals surface area contributed by atoms with Gasteiger partial charge in [-0.05, 0) is 37.6 Å². The highest BCUT2D eigenvalue weighted by atomic mass is 79.9. The summed E-state index contributed by atoms with van der Waals surface area (Å²) in [5.41, 5.74) is 3.38. The third kappa shape index (κ3) is 2.64. The lowest BCUT2D eigenvalue weighted by Gasteiger charge is -1.98. The van der Waals surface area contributed by atoms with E-state index < -0.39 is 0 Å². The van der Waals surface area contributed by atoms with Crippen molar-refractivity contribution in [2.75, 3.05) is 6.61 Å². The summed E-state index contributed by atoms with van der Waals surface area (Å²) in [7, 11) is 0. The minimum absolute atomic E-state index is 0.283. The minimum Gasteiger partial charge on any atom is -0.462 e. The molecule has 94 valence electrons. The van der Waals surface area contributed by atoms with Gasteiger partial charge in [-0.1, -0.05) is 28.1 Å². The topological polar surface area (TPSA) is 42.1 Å². The van der Waals surface area contributed by atoms with Crippen molar-refractivity contribution in [2.24, 2.45) is 0 Å². The molecule has 0 bridgehead atoms. The molecule has 4 heteroatoms. The summed E-state index contributed by atoms with van der Waals surface area (Å²) in [5, 5.41) is 0. The molecule has 0 fully saturated rings. The molecule has 0 unspecified atom stereocenters. The highest BCUT2D eigenvalue weighted by Gasteiger charge is 2.14. The number of hydrogen-bond donors (Lipinski definition) is 1. The third-order valence-corrected chi connectivity index (χ3v) is 3.19. The van der Waals surface area contributed by atoms with Crippen LogP contribution in [0.5, 0.6) is 0 Å². The summed E-state index contributed by atoms with van der Waals surface area (Å²) < 4.78 is 6.04. The summed E-state index contributed by atoms with van der Waals surface area (Å²) >= 11 is 3.40. The van der Waals surface area contributed by atoms with Gasteiger partial charge in [0, 0.05) is 15.9 Å². The van der Waals surface area contributed by atoms with Crippen molar-refractivity contribution in [3.05, 3.63) is 46.1 Å². The largest absolute Gasteiger partial charge is 0.462 e. The van der Waals surface area contributed by atoms with Crippen LogP contribution in [0.2, 0.25) is 0 Å². The number of aromatic amines is 1. The summed E-state index contributed by atoms with van der Waals surface area (Å²) in [6.45, 7) is 4.06. The Bertz CT molecular complexity index is 558. The van der Waals surface area contributed by atoms with E-state index in [2.05, 4.69) is 20.9 Å². The summed E-state index contributed by atoms with van der Waals surface area (Å²) in [6, 6.07) is 9.75. The number of rotatable bonds is 3. The number of hydrogen-bond acceptors (Lipinski definition) is 2. The summed E-state index contributed by atoms with van der Waals surface area (Å²) in [5.74, 6) is -0.283. The summed E-state index contributed by atoms with van der Waals surface area (Å²) in [4.78, 5) is 14.9. The Morgan fingerprint density at radius 1 is 1.33 bits per heavy atom. The average molecular weight is 308 g/mol. The molecule has 0 aliphatic carbocycles. The first-order chi connectivity index (χ1) is 8.61. The van der Waals surface area contributed by atoms with E-state index in [1.165, 1.54) is 0 Å². The lowest BCUT2D eigenvalue weighted by atomic mass is 10.1. The molecule has 0 aliphatic rings. The van der Waals surface area contributed by atoms with Crippen molar-refractivity contribution in [1.82, 2.24) is 4.98 Å². The second-order valence-electron chi connectivity index (χ2n) is 3.95. The maximum absolute atomic E-state index is 11.7. The van der Waals surface area contributed by atoms with E-state index in [1.54, 1.807) is 6.92 Å². The fraction of sp³-hybridized carbons (Fsp3) is 0.214. The molecule has 0 saturated heterocycles. The maximum atomic E-state index is 11.7. The number of halogens is 1. The number of H-pyrrole nitrogens is 1. The van der Waals surface area contributed by atoms with E-state index in [0.29, 0.717) is 12.2 Å². The Balaban J connectivity index is 2.34. The lowest BCUT2D eigenvalue weighted by Crippen LogP contribution is -2.04. The first-order valence-corrected chi connectivity index (χ1v) is 6.53. The van der Waals surface area contributed by atoms with Gasteiger partial charge in [0.1, 0.15) is 0 Å². The normalized spacial score (nSPS) is 10.4. The van der Waals surface area contributed by atoms with E-state index in [-0.39, 0.29) is 5.97 Å². The quantitative estimate of drug-likeness (QED) is 0.873. The van der Waals surface area contributed by atoms with Crippen LogP contribution < -0.4 is 0 Å². The second-order valence-corrected chi connectivity index (χ2v) is 4.86. The standard InChI is InChI=1S/C14H14BrNO2/c1-3-18-14(17)12-8-13(16-9(12)2)10-4-6-11(15)7-5-10/h4-8,16H,3H2,1-2H3.